The lowest BCUT2D eigenvalue weighted by atomic mass is 10.2. The summed E-state index contributed by atoms with van der Waals surface area (Å²) in [6.07, 6.45) is 2.59. The molecule has 8 heteroatoms. The Balaban J connectivity index is 1.29. The predicted molar refractivity (Wildman–Crippen MR) is 109 cm³/mol. The highest BCUT2D eigenvalue weighted by atomic mass is 32.2. The van der Waals surface area contributed by atoms with Gasteiger partial charge >= 0.3 is 0 Å². The van der Waals surface area contributed by atoms with Crippen molar-refractivity contribution in [3.05, 3.63) is 40.9 Å². The number of nitrogens with zero attached hydrogens (tertiary/aromatic N) is 3. The van der Waals surface area contributed by atoms with E-state index in [9.17, 15) is 0 Å². The fourth-order valence-electron chi connectivity index (χ4n) is 2.68. The van der Waals surface area contributed by atoms with Gasteiger partial charge in [-0.1, -0.05) is 52.9 Å². The van der Waals surface area contributed by atoms with Crippen LogP contribution in [0.25, 0.3) is 10.6 Å². The SMILES string of the molecule is Cc1ccc(-c2nc(CSc3nnc(NC[C@H]4CCCO4)s3)cs2)cc1. The Morgan fingerprint density at radius 2 is 2.15 bits per heavy atom. The molecule has 0 radical (unpaired) electrons. The Bertz CT molecular complexity index is 840. The highest BCUT2D eigenvalue weighted by molar-refractivity contribution is 8.00. The van der Waals surface area contributed by atoms with Gasteiger partial charge in [-0.25, -0.2) is 4.98 Å². The minimum absolute atomic E-state index is 0.310. The first-order valence-electron chi connectivity index (χ1n) is 8.59. The molecule has 3 heterocycles. The van der Waals surface area contributed by atoms with Crippen molar-refractivity contribution in [1.29, 1.82) is 0 Å². The Labute approximate surface area is 165 Å². The van der Waals surface area contributed by atoms with Gasteiger partial charge in [0.2, 0.25) is 5.13 Å². The summed E-state index contributed by atoms with van der Waals surface area (Å²) in [5.41, 5.74) is 3.52. The first-order chi connectivity index (χ1) is 12.8. The molecule has 1 N–H and O–H groups in total. The molecule has 5 nitrogen and oxygen atoms in total. The summed E-state index contributed by atoms with van der Waals surface area (Å²) in [6.45, 7) is 3.78. The van der Waals surface area contributed by atoms with E-state index in [1.54, 1.807) is 34.4 Å². The standard InChI is InChI=1S/C18H20N4OS3/c1-12-4-6-13(7-5-12)16-20-14(10-24-16)11-25-18-22-21-17(26-18)19-9-15-3-2-8-23-15/h4-7,10,15H,2-3,8-9,11H2,1H3,(H,19,21)/t15-/m1/s1. The lowest BCUT2D eigenvalue weighted by molar-refractivity contribution is 0.120. The van der Waals surface area contributed by atoms with Crippen LogP contribution in [0, 0.1) is 6.92 Å². The zero-order chi connectivity index (χ0) is 17.8. The lowest BCUT2D eigenvalue weighted by Crippen LogP contribution is -2.18. The number of anilines is 1. The largest absolute Gasteiger partial charge is 0.376 e. The van der Waals surface area contributed by atoms with Gasteiger partial charge in [-0.2, -0.15) is 0 Å². The fraction of sp³-hybridized carbons (Fsp3) is 0.389. The van der Waals surface area contributed by atoms with Crippen LogP contribution in [0.4, 0.5) is 5.13 Å². The first kappa shape index (κ1) is 17.9. The van der Waals surface area contributed by atoms with Crippen molar-refractivity contribution in [2.75, 3.05) is 18.5 Å². The summed E-state index contributed by atoms with van der Waals surface area (Å²) < 4.78 is 6.58. The number of aromatic nitrogens is 3. The molecule has 1 aromatic carbocycles. The number of rotatable bonds is 7. The van der Waals surface area contributed by atoms with Gasteiger partial charge in [0.25, 0.3) is 0 Å². The van der Waals surface area contributed by atoms with Gasteiger partial charge in [-0.15, -0.1) is 21.5 Å². The van der Waals surface area contributed by atoms with Crippen molar-refractivity contribution in [1.82, 2.24) is 15.2 Å². The molecule has 0 bridgehead atoms. The van der Waals surface area contributed by atoms with Gasteiger partial charge in [0.05, 0.1) is 11.8 Å². The molecule has 0 spiro atoms. The highest BCUT2D eigenvalue weighted by Gasteiger charge is 2.16. The number of hydrogen-bond donors (Lipinski definition) is 1. The molecular formula is C18H20N4OS3. The van der Waals surface area contributed by atoms with Crippen molar-refractivity contribution in [2.24, 2.45) is 0 Å². The van der Waals surface area contributed by atoms with Crippen LogP contribution in [0.1, 0.15) is 24.1 Å². The second kappa shape index (κ2) is 8.47. The Kier molecular flexibility index (Phi) is 5.84. The fourth-order valence-corrected chi connectivity index (χ4v) is 5.27. The molecule has 3 aromatic rings. The Hall–Kier alpha value is -1.48. The van der Waals surface area contributed by atoms with Crippen molar-refractivity contribution in [3.8, 4) is 10.6 Å². The molecule has 4 rings (SSSR count). The molecule has 0 aliphatic carbocycles. The summed E-state index contributed by atoms with van der Waals surface area (Å²) in [4.78, 5) is 4.74. The van der Waals surface area contributed by atoms with E-state index < -0.39 is 0 Å². The monoisotopic (exact) mass is 404 g/mol. The molecule has 0 saturated carbocycles. The van der Waals surface area contributed by atoms with E-state index in [-0.39, 0.29) is 0 Å². The molecule has 1 aliphatic heterocycles. The Morgan fingerprint density at radius 1 is 1.27 bits per heavy atom. The van der Waals surface area contributed by atoms with Crippen LogP contribution in [0.2, 0.25) is 0 Å². The van der Waals surface area contributed by atoms with E-state index >= 15 is 0 Å². The maximum atomic E-state index is 5.61. The van der Waals surface area contributed by atoms with Gasteiger partial charge in [-0.3, -0.25) is 0 Å². The average molecular weight is 405 g/mol. The van der Waals surface area contributed by atoms with Crippen molar-refractivity contribution in [2.45, 2.75) is 36.0 Å². The molecule has 0 unspecified atom stereocenters. The van der Waals surface area contributed by atoms with Crippen LogP contribution in [-0.2, 0) is 10.5 Å². The maximum absolute atomic E-state index is 5.61. The molecule has 136 valence electrons. The van der Waals surface area contributed by atoms with Crippen molar-refractivity contribution in [3.63, 3.8) is 0 Å². The van der Waals surface area contributed by atoms with E-state index in [1.165, 1.54) is 11.1 Å². The normalized spacial score (nSPS) is 16.9. The molecule has 1 saturated heterocycles. The molecule has 1 fully saturated rings. The minimum atomic E-state index is 0.310. The van der Waals surface area contributed by atoms with Gasteiger partial charge < -0.3 is 10.1 Å². The number of thioether (sulfide) groups is 1. The van der Waals surface area contributed by atoms with Crippen LogP contribution in [0.15, 0.2) is 34.0 Å². The van der Waals surface area contributed by atoms with Gasteiger partial charge in [-0.05, 0) is 19.8 Å². The van der Waals surface area contributed by atoms with E-state index in [1.807, 2.05) is 0 Å². The van der Waals surface area contributed by atoms with E-state index in [2.05, 4.69) is 52.1 Å². The van der Waals surface area contributed by atoms with E-state index in [0.717, 1.165) is 51.9 Å². The summed E-state index contributed by atoms with van der Waals surface area (Å²) in [6, 6.07) is 8.50. The molecule has 2 aromatic heterocycles. The van der Waals surface area contributed by atoms with Crippen LogP contribution in [0.3, 0.4) is 0 Å². The number of nitrogens with one attached hydrogen (secondary N) is 1. The van der Waals surface area contributed by atoms with Gasteiger partial charge in [0.1, 0.15) is 5.01 Å². The van der Waals surface area contributed by atoms with Crippen molar-refractivity contribution < 1.29 is 4.74 Å². The average Bonchev–Trinajstić information content (AvgIpc) is 3.40. The zero-order valence-electron chi connectivity index (χ0n) is 14.5. The minimum Gasteiger partial charge on any atom is -0.376 e. The van der Waals surface area contributed by atoms with Crippen LogP contribution >= 0.6 is 34.4 Å². The third kappa shape index (κ3) is 4.62. The summed E-state index contributed by atoms with van der Waals surface area (Å²) in [5, 5.41) is 15.9. The Morgan fingerprint density at radius 3 is 2.96 bits per heavy atom. The summed E-state index contributed by atoms with van der Waals surface area (Å²) in [5.74, 6) is 0.808. The molecule has 1 aliphatic rings. The van der Waals surface area contributed by atoms with Crippen LogP contribution in [-0.4, -0.2) is 34.4 Å². The summed E-state index contributed by atoms with van der Waals surface area (Å²) in [7, 11) is 0. The zero-order valence-corrected chi connectivity index (χ0v) is 16.9. The molecule has 0 amide bonds. The third-order valence-corrected chi connectivity index (χ3v) is 7.09. The van der Waals surface area contributed by atoms with Gasteiger partial charge in [0.15, 0.2) is 4.34 Å². The van der Waals surface area contributed by atoms with Crippen LogP contribution < -0.4 is 5.32 Å². The summed E-state index contributed by atoms with van der Waals surface area (Å²) >= 11 is 4.96. The molecular weight excluding hydrogens is 384 g/mol. The predicted octanol–water partition coefficient (Wildman–Crippen LogP) is 4.85. The number of ether oxygens (including phenoxy) is 1. The van der Waals surface area contributed by atoms with E-state index in [0.29, 0.717) is 6.10 Å². The third-order valence-electron chi connectivity index (χ3n) is 4.11. The topological polar surface area (TPSA) is 59.9 Å². The first-order valence-corrected chi connectivity index (χ1v) is 11.3. The number of hydrogen-bond acceptors (Lipinski definition) is 8. The second-order valence-corrected chi connectivity index (χ2v) is 9.25. The number of benzene rings is 1. The van der Waals surface area contributed by atoms with Gasteiger partial charge in [0, 0.05) is 29.8 Å². The quantitative estimate of drug-likeness (QED) is 0.568. The smallest absolute Gasteiger partial charge is 0.206 e. The second-order valence-electron chi connectivity index (χ2n) is 6.19. The molecule has 1 atom stereocenters. The van der Waals surface area contributed by atoms with Crippen LogP contribution in [0.5, 0.6) is 0 Å². The van der Waals surface area contributed by atoms with E-state index in [4.69, 9.17) is 9.72 Å². The molecule has 26 heavy (non-hydrogen) atoms. The van der Waals surface area contributed by atoms with Crippen molar-refractivity contribution >= 4 is 39.6 Å². The highest BCUT2D eigenvalue weighted by Crippen LogP contribution is 2.31. The number of thiazole rings is 1. The maximum Gasteiger partial charge on any atom is 0.206 e. The number of aryl methyl sites for hydroxylation is 1. The lowest BCUT2D eigenvalue weighted by Gasteiger charge is -2.08.